The summed E-state index contributed by atoms with van der Waals surface area (Å²) in [7, 11) is 0. The first-order chi connectivity index (χ1) is 5.29. The van der Waals surface area contributed by atoms with E-state index in [-0.39, 0.29) is 5.78 Å². The normalized spacial score (nSPS) is 24.3. The van der Waals surface area contributed by atoms with Gasteiger partial charge in [-0.3, -0.25) is 4.79 Å². The van der Waals surface area contributed by atoms with E-state index >= 15 is 0 Å². The van der Waals surface area contributed by atoms with Crippen LogP contribution in [-0.4, -0.2) is 5.78 Å². The molecule has 1 aliphatic rings. The molecule has 0 aromatic carbocycles. The lowest BCUT2D eigenvalue weighted by Gasteiger charge is -2.12. The molecule has 0 spiro atoms. The lowest BCUT2D eigenvalue weighted by atomic mass is 9.94. The molecule has 0 N–H and O–H groups in total. The standard InChI is InChI=1S/C10H14O/c1-9(11)7-8-10-5-3-2-4-6-10/h2-3,7-8,10H,4-6H2,1H3/b8-7-/t10-/m1/s1. The Bertz CT molecular complexity index is 189. The molecule has 1 atom stereocenters. The van der Waals surface area contributed by atoms with E-state index in [1.54, 1.807) is 13.0 Å². The van der Waals surface area contributed by atoms with Gasteiger partial charge in [0.05, 0.1) is 0 Å². The van der Waals surface area contributed by atoms with Crippen molar-refractivity contribution in [1.82, 2.24) is 0 Å². The van der Waals surface area contributed by atoms with Crippen molar-refractivity contribution < 1.29 is 4.79 Å². The van der Waals surface area contributed by atoms with E-state index in [4.69, 9.17) is 0 Å². The fourth-order valence-corrected chi connectivity index (χ4v) is 1.26. The number of hydrogen-bond acceptors (Lipinski definition) is 1. The summed E-state index contributed by atoms with van der Waals surface area (Å²) in [5, 5.41) is 0. The highest BCUT2D eigenvalue weighted by molar-refractivity contribution is 5.87. The van der Waals surface area contributed by atoms with Crippen molar-refractivity contribution in [2.75, 3.05) is 0 Å². The lowest BCUT2D eigenvalue weighted by molar-refractivity contribution is -0.112. The first kappa shape index (κ1) is 8.25. The van der Waals surface area contributed by atoms with Crippen LogP contribution in [0, 0.1) is 5.92 Å². The highest BCUT2D eigenvalue weighted by Crippen LogP contribution is 2.18. The van der Waals surface area contributed by atoms with Gasteiger partial charge in [0.1, 0.15) is 0 Å². The second-order valence-corrected chi connectivity index (χ2v) is 3.01. The Balaban J connectivity index is 2.37. The lowest BCUT2D eigenvalue weighted by Crippen LogP contribution is -1.98. The Morgan fingerprint density at radius 1 is 1.55 bits per heavy atom. The SMILES string of the molecule is CC(=O)/C=C\[C@@H]1CC=CCC1. The molecule has 60 valence electrons. The Morgan fingerprint density at radius 3 is 2.91 bits per heavy atom. The maximum absolute atomic E-state index is 10.6. The molecule has 0 fully saturated rings. The van der Waals surface area contributed by atoms with Crippen LogP contribution in [0.15, 0.2) is 24.3 Å². The van der Waals surface area contributed by atoms with Gasteiger partial charge in [-0.1, -0.05) is 18.2 Å². The van der Waals surface area contributed by atoms with Gasteiger partial charge >= 0.3 is 0 Å². The second-order valence-electron chi connectivity index (χ2n) is 3.01. The van der Waals surface area contributed by atoms with Gasteiger partial charge in [0, 0.05) is 0 Å². The summed E-state index contributed by atoms with van der Waals surface area (Å²) >= 11 is 0. The largest absolute Gasteiger partial charge is 0.295 e. The van der Waals surface area contributed by atoms with Crippen LogP contribution in [0.25, 0.3) is 0 Å². The van der Waals surface area contributed by atoms with Crippen molar-refractivity contribution in [3.05, 3.63) is 24.3 Å². The van der Waals surface area contributed by atoms with Crippen LogP contribution >= 0.6 is 0 Å². The van der Waals surface area contributed by atoms with Crippen LogP contribution in [0.1, 0.15) is 26.2 Å². The molecule has 0 aromatic rings. The van der Waals surface area contributed by atoms with Gasteiger partial charge in [-0.05, 0) is 38.2 Å². The quantitative estimate of drug-likeness (QED) is 0.436. The van der Waals surface area contributed by atoms with Crippen LogP contribution in [0.3, 0.4) is 0 Å². The monoisotopic (exact) mass is 150 g/mol. The molecule has 0 bridgehead atoms. The Morgan fingerprint density at radius 2 is 2.36 bits per heavy atom. The third kappa shape index (κ3) is 3.17. The summed E-state index contributed by atoms with van der Waals surface area (Å²) in [6, 6.07) is 0. The maximum Gasteiger partial charge on any atom is 0.152 e. The maximum atomic E-state index is 10.6. The summed E-state index contributed by atoms with van der Waals surface area (Å²) < 4.78 is 0. The third-order valence-electron chi connectivity index (χ3n) is 1.91. The number of hydrogen-bond donors (Lipinski definition) is 0. The van der Waals surface area contributed by atoms with Crippen LogP contribution in [0.2, 0.25) is 0 Å². The molecule has 0 saturated carbocycles. The fourth-order valence-electron chi connectivity index (χ4n) is 1.26. The van der Waals surface area contributed by atoms with E-state index in [1.807, 2.05) is 6.08 Å². The summed E-state index contributed by atoms with van der Waals surface area (Å²) in [6.07, 6.45) is 11.6. The zero-order chi connectivity index (χ0) is 8.10. The highest BCUT2D eigenvalue weighted by atomic mass is 16.1. The predicted octanol–water partition coefficient (Wildman–Crippen LogP) is 2.49. The molecule has 0 heterocycles. The molecule has 0 saturated heterocycles. The molecule has 0 unspecified atom stereocenters. The van der Waals surface area contributed by atoms with Gasteiger partial charge in [-0.2, -0.15) is 0 Å². The number of rotatable bonds is 2. The highest BCUT2D eigenvalue weighted by Gasteiger charge is 2.04. The summed E-state index contributed by atoms with van der Waals surface area (Å²) in [4.78, 5) is 10.6. The minimum Gasteiger partial charge on any atom is -0.295 e. The van der Waals surface area contributed by atoms with Crippen molar-refractivity contribution in [3.8, 4) is 0 Å². The number of allylic oxidation sites excluding steroid dienone is 4. The predicted molar refractivity (Wildman–Crippen MR) is 46.3 cm³/mol. The molecule has 0 aliphatic heterocycles. The second kappa shape index (κ2) is 4.12. The molecule has 1 rings (SSSR count). The zero-order valence-electron chi connectivity index (χ0n) is 6.92. The summed E-state index contributed by atoms with van der Waals surface area (Å²) in [5.74, 6) is 0.753. The van der Waals surface area contributed by atoms with Crippen molar-refractivity contribution in [3.63, 3.8) is 0 Å². The first-order valence-electron chi connectivity index (χ1n) is 4.13. The van der Waals surface area contributed by atoms with Gasteiger partial charge in [0.25, 0.3) is 0 Å². The van der Waals surface area contributed by atoms with Crippen LogP contribution in [-0.2, 0) is 4.79 Å². The Kier molecular flexibility index (Phi) is 3.09. The van der Waals surface area contributed by atoms with Crippen LogP contribution in [0.4, 0.5) is 0 Å². The molecule has 1 nitrogen and oxygen atoms in total. The Hall–Kier alpha value is -0.850. The minimum atomic E-state index is 0.152. The third-order valence-corrected chi connectivity index (χ3v) is 1.91. The van der Waals surface area contributed by atoms with E-state index in [0.717, 1.165) is 12.8 Å². The molecular weight excluding hydrogens is 136 g/mol. The number of carbonyl (C=O) groups excluding carboxylic acids is 1. The van der Waals surface area contributed by atoms with Gasteiger partial charge in [-0.15, -0.1) is 0 Å². The zero-order valence-corrected chi connectivity index (χ0v) is 6.92. The van der Waals surface area contributed by atoms with E-state index in [2.05, 4.69) is 12.2 Å². The van der Waals surface area contributed by atoms with Crippen molar-refractivity contribution in [1.29, 1.82) is 0 Å². The average molecular weight is 150 g/mol. The fraction of sp³-hybridized carbons (Fsp3) is 0.500. The van der Waals surface area contributed by atoms with Crippen LogP contribution < -0.4 is 0 Å². The molecular formula is C10H14O. The van der Waals surface area contributed by atoms with E-state index in [9.17, 15) is 4.79 Å². The van der Waals surface area contributed by atoms with Crippen molar-refractivity contribution in [2.24, 2.45) is 5.92 Å². The number of ketones is 1. The van der Waals surface area contributed by atoms with E-state index in [1.165, 1.54) is 6.42 Å². The average Bonchev–Trinajstić information content (AvgIpc) is 2.03. The van der Waals surface area contributed by atoms with Crippen molar-refractivity contribution in [2.45, 2.75) is 26.2 Å². The first-order valence-corrected chi connectivity index (χ1v) is 4.13. The van der Waals surface area contributed by atoms with Crippen LogP contribution in [0.5, 0.6) is 0 Å². The molecule has 1 heteroatoms. The van der Waals surface area contributed by atoms with E-state index < -0.39 is 0 Å². The molecule has 1 aliphatic carbocycles. The van der Waals surface area contributed by atoms with Gasteiger partial charge < -0.3 is 0 Å². The van der Waals surface area contributed by atoms with Gasteiger partial charge in [0.15, 0.2) is 5.78 Å². The van der Waals surface area contributed by atoms with Crippen molar-refractivity contribution >= 4 is 5.78 Å². The number of carbonyl (C=O) groups is 1. The van der Waals surface area contributed by atoms with Gasteiger partial charge in [-0.25, -0.2) is 0 Å². The molecule has 0 amide bonds. The summed E-state index contributed by atoms with van der Waals surface area (Å²) in [6.45, 7) is 1.59. The van der Waals surface area contributed by atoms with Gasteiger partial charge in [0.2, 0.25) is 0 Å². The Labute approximate surface area is 67.8 Å². The topological polar surface area (TPSA) is 17.1 Å². The minimum absolute atomic E-state index is 0.152. The summed E-state index contributed by atoms with van der Waals surface area (Å²) in [5.41, 5.74) is 0. The molecule has 0 aromatic heterocycles. The van der Waals surface area contributed by atoms with E-state index in [0.29, 0.717) is 5.92 Å². The molecule has 11 heavy (non-hydrogen) atoms. The molecule has 0 radical (unpaired) electrons. The smallest absolute Gasteiger partial charge is 0.152 e.